The Morgan fingerprint density at radius 1 is 0.556 bits per heavy atom. The van der Waals surface area contributed by atoms with Crippen molar-refractivity contribution in [1.29, 1.82) is 0 Å². The van der Waals surface area contributed by atoms with E-state index in [9.17, 15) is 0 Å². The molecule has 1 aliphatic rings. The monoisotopic (exact) mass is 596 g/mol. The Balaban J connectivity index is 1.37. The van der Waals surface area contributed by atoms with Crippen LogP contribution in [0, 0.1) is 0 Å². The largest absolute Gasteiger partial charge is 0.228 e. The first-order valence-electron chi connectivity index (χ1n) is 15.7. The number of rotatable bonds is 2. The number of nitrogens with zero attached hydrogens (tertiary/aromatic N) is 2. The Morgan fingerprint density at radius 2 is 1.24 bits per heavy atom. The molecule has 2 heterocycles. The molecule has 3 heteroatoms. The zero-order chi connectivity index (χ0) is 30.5. The summed E-state index contributed by atoms with van der Waals surface area (Å²) in [7, 11) is 0. The lowest BCUT2D eigenvalue weighted by molar-refractivity contribution is 0.302. The summed E-state index contributed by atoms with van der Waals surface area (Å²) in [4.78, 5) is 10.3. The highest BCUT2D eigenvalue weighted by Crippen LogP contribution is 2.59. The van der Waals surface area contributed by atoms with Crippen LogP contribution in [-0.2, 0) is 10.8 Å². The van der Waals surface area contributed by atoms with E-state index in [4.69, 9.17) is 9.97 Å². The summed E-state index contributed by atoms with van der Waals surface area (Å²) in [6, 6.07) is 43.7. The standard InChI is InChI=1S/C42H32N2S/c1-41(2)32-20-12-10-18-29(32)35-27-16-8-9-17-28(27)36-31-24-26(22-23-34(31)45-39(36)37(35)42(41,3)4)40-43-33-21-13-11-19-30(33)38(44-40)25-14-6-5-7-15-25/h5-24H,1-4H3. The second-order valence-corrected chi connectivity index (χ2v) is 14.4. The van der Waals surface area contributed by atoms with Crippen LogP contribution in [0.1, 0.15) is 38.8 Å². The average molecular weight is 597 g/mol. The highest BCUT2D eigenvalue weighted by atomic mass is 32.1. The van der Waals surface area contributed by atoms with E-state index in [1.54, 1.807) is 0 Å². The predicted molar refractivity (Wildman–Crippen MR) is 192 cm³/mol. The van der Waals surface area contributed by atoms with E-state index < -0.39 is 0 Å². The lowest BCUT2D eigenvalue weighted by atomic mass is 9.55. The molecule has 0 amide bonds. The van der Waals surface area contributed by atoms with Gasteiger partial charge in [0.1, 0.15) is 0 Å². The summed E-state index contributed by atoms with van der Waals surface area (Å²) in [6.07, 6.45) is 0. The minimum Gasteiger partial charge on any atom is -0.228 e. The van der Waals surface area contributed by atoms with Crippen molar-refractivity contribution in [2.24, 2.45) is 0 Å². The van der Waals surface area contributed by atoms with Crippen molar-refractivity contribution >= 4 is 53.2 Å². The maximum Gasteiger partial charge on any atom is 0.160 e. The van der Waals surface area contributed by atoms with Crippen LogP contribution in [0.5, 0.6) is 0 Å². The van der Waals surface area contributed by atoms with Crippen LogP contribution in [0.4, 0.5) is 0 Å². The van der Waals surface area contributed by atoms with Crippen molar-refractivity contribution in [2.45, 2.75) is 38.5 Å². The van der Waals surface area contributed by atoms with Crippen molar-refractivity contribution in [2.75, 3.05) is 0 Å². The second-order valence-electron chi connectivity index (χ2n) is 13.4. The van der Waals surface area contributed by atoms with Gasteiger partial charge in [-0.2, -0.15) is 0 Å². The normalized spacial score (nSPS) is 15.0. The number of hydrogen-bond donors (Lipinski definition) is 0. The summed E-state index contributed by atoms with van der Waals surface area (Å²) in [5.74, 6) is 0.756. The number of thiophene rings is 1. The van der Waals surface area contributed by atoms with E-state index in [1.807, 2.05) is 17.4 Å². The first-order valence-corrected chi connectivity index (χ1v) is 16.5. The van der Waals surface area contributed by atoms with Crippen molar-refractivity contribution in [3.8, 4) is 33.8 Å². The van der Waals surface area contributed by atoms with Crippen LogP contribution >= 0.6 is 11.3 Å². The minimum atomic E-state index is -0.0886. The summed E-state index contributed by atoms with van der Waals surface area (Å²) >= 11 is 1.93. The molecule has 0 unspecified atom stereocenters. The molecule has 8 aromatic rings. The quantitative estimate of drug-likeness (QED) is 0.198. The van der Waals surface area contributed by atoms with Gasteiger partial charge in [-0.05, 0) is 62.7 Å². The molecule has 0 N–H and O–H groups in total. The van der Waals surface area contributed by atoms with Crippen LogP contribution < -0.4 is 0 Å². The van der Waals surface area contributed by atoms with Crippen molar-refractivity contribution < 1.29 is 0 Å². The molecule has 1 aliphatic carbocycles. The molecule has 9 rings (SSSR count). The number of para-hydroxylation sites is 1. The average Bonchev–Trinajstić information content (AvgIpc) is 3.45. The van der Waals surface area contributed by atoms with Gasteiger partial charge in [0, 0.05) is 42.1 Å². The van der Waals surface area contributed by atoms with Gasteiger partial charge in [0.15, 0.2) is 5.82 Å². The fraction of sp³-hybridized carbons (Fsp3) is 0.143. The third-order valence-corrected chi connectivity index (χ3v) is 11.8. The number of hydrogen-bond acceptors (Lipinski definition) is 3. The zero-order valence-electron chi connectivity index (χ0n) is 25.8. The molecule has 45 heavy (non-hydrogen) atoms. The molecule has 6 aromatic carbocycles. The van der Waals surface area contributed by atoms with E-state index in [-0.39, 0.29) is 10.8 Å². The molecule has 0 radical (unpaired) electrons. The van der Waals surface area contributed by atoms with E-state index in [0.29, 0.717) is 0 Å². The van der Waals surface area contributed by atoms with Crippen LogP contribution in [-0.4, -0.2) is 9.97 Å². The molecule has 0 aliphatic heterocycles. The smallest absolute Gasteiger partial charge is 0.160 e. The molecule has 0 fully saturated rings. The number of aromatic nitrogens is 2. The van der Waals surface area contributed by atoms with Crippen molar-refractivity contribution in [3.63, 3.8) is 0 Å². The third kappa shape index (κ3) is 3.62. The lowest BCUT2D eigenvalue weighted by Crippen LogP contribution is -2.43. The first kappa shape index (κ1) is 26.5. The minimum absolute atomic E-state index is 0.0416. The fourth-order valence-corrected chi connectivity index (χ4v) is 9.05. The number of benzene rings is 6. The predicted octanol–water partition coefficient (Wildman–Crippen LogP) is 11.7. The Morgan fingerprint density at radius 3 is 2.07 bits per heavy atom. The van der Waals surface area contributed by atoms with Gasteiger partial charge in [-0.1, -0.05) is 125 Å². The molecule has 216 valence electrons. The summed E-state index contributed by atoms with van der Waals surface area (Å²) in [5, 5.41) is 6.33. The Bertz CT molecular complexity index is 2480. The van der Waals surface area contributed by atoms with Crippen molar-refractivity contribution in [1.82, 2.24) is 9.97 Å². The van der Waals surface area contributed by atoms with E-state index in [1.165, 1.54) is 53.2 Å². The van der Waals surface area contributed by atoms with Gasteiger partial charge in [0.05, 0.1) is 11.2 Å². The van der Waals surface area contributed by atoms with Crippen LogP contribution in [0.3, 0.4) is 0 Å². The van der Waals surface area contributed by atoms with Crippen molar-refractivity contribution in [3.05, 3.63) is 132 Å². The summed E-state index contributed by atoms with van der Waals surface area (Å²) in [5.41, 5.74) is 9.59. The van der Waals surface area contributed by atoms with E-state index >= 15 is 0 Å². The van der Waals surface area contributed by atoms with E-state index in [2.05, 4.69) is 143 Å². The van der Waals surface area contributed by atoms with Crippen LogP contribution in [0.2, 0.25) is 0 Å². The van der Waals surface area contributed by atoms with Gasteiger partial charge in [0.25, 0.3) is 0 Å². The Kier molecular flexibility index (Phi) is 5.50. The fourth-order valence-electron chi connectivity index (χ4n) is 7.64. The van der Waals surface area contributed by atoms with Gasteiger partial charge in [-0.25, -0.2) is 9.97 Å². The summed E-state index contributed by atoms with van der Waals surface area (Å²) in [6.45, 7) is 9.73. The molecule has 0 bridgehead atoms. The number of fused-ring (bicyclic) bond motifs is 11. The Labute approximate surface area is 267 Å². The highest BCUT2D eigenvalue weighted by Gasteiger charge is 2.47. The molecule has 2 aromatic heterocycles. The molecule has 0 saturated carbocycles. The van der Waals surface area contributed by atoms with E-state index in [0.717, 1.165) is 33.5 Å². The summed E-state index contributed by atoms with van der Waals surface area (Å²) < 4.78 is 2.69. The van der Waals surface area contributed by atoms with Gasteiger partial charge in [-0.15, -0.1) is 11.3 Å². The molecule has 0 spiro atoms. The maximum absolute atomic E-state index is 5.20. The molecular weight excluding hydrogens is 565 g/mol. The highest BCUT2D eigenvalue weighted by molar-refractivity contribution is 7.26. The van der Waals surface area contributed by atoms with Gasteiger partial charge in [0.2, 0.25) is 0 Å². The van der Waals surface area contributed by atoms with Gasteiger partial charge in [-0.3, -0.25) is 0 Å². The zero-order valence-corrected chi connectivity index (χ0v) is 26.7. The molecule has 2 nitrogen and oxygen atoms in total. The van der Waals surface area contributed by atoms with Gasteiger partial charge < -0.3 is 0 Å². The van der Waals surface area contributed by atoms with Gasteiger partial charge >= 0.3 is 0 Å². The third-order valence-electron chi connectivity index (χ3n) is 10.6. The SMILES string of the molecule is CC1(C)c2ccccc2-c2c(c3sc4ccc(-c5nc(-c6ccccc6)c6ccccc6n5)cc4c3c3ccccc23)C1(C)C. The lowest BCUT2D eigenvalue weighted by Gasteiger charge is -2.48. The Hall–Kier alpha value is -4.86. The van der Waals surface area contributed by atoms with Crippen LogP contribution in [0.15, 0.2) is 121 Å². The molecule has 0 atom stereocenters. The maximum atomic E-state index is 5.20. The molecular formula is C42H32N2S. The topological polar surface area (TPSA) is 25.8 Å². The molecule has 0 saturated heterocycles. The van der Waals surface area contributed by atoms with Crippen LogP contribution in [0.25, 0.3) is 75.6 Å². The second kappa shape index (κ2) is 9.32. The first-order chi connectivity index (χ1) is 21.8.